The first-order valence-corrected chi connectivity index (χ1v) is 6.80. The minimum absolute atomic E-state index is 0.00783. The Bertz CT molecular complexity index is 301. The number of hydrogen-bond acceptors (Lipinski definition) is 4. The molecule has 0 aliphatic rings. The molecule has 0 aromatic carbocycles. The van der Waals surface area contributed by atoms with Crippen molar-refractivity contribution in [2.45, 2.75) is 53.0 Å². The second kappa shape index (κ2) is 8.15. The van der Waals surface area contributed by atoms with Gasteiger partial charge in [0, 0.05) is 6.42 Å². The molecule has 0 saturated heterocycles. The van der Waals surface area contributed by atoms with E-state index in [0.29, 0.717) is 13.0 Å². The minimum atomic E-state index is -0.574. The van der Waals surface area contributed by atoms with Gasteiger partial charge < -0.3 is 15.8 Å². The molecule has 5 nitrogen and oxygen atoms in total. The van der Waals surface area contributed by atoms with Crippen molar-refractivity contribution in [3.8, 4) is 0 Å². The van der Waals surface area contributed by atoms with Crippen LogP contribution in [0, 0.1) is 11.3 Å². The van der Waals surface area contributed by atoms with Gasteiger partial charge in [0.25, 0.3) is 0 Å². The van der Waals surface area contributed by atoms with Crippen molar-refractivity contribution >= 4 is 11.9 Å². The molecule has 1 unspecified atom stereocenters. The van der Waals surface area contributed by atoms with Crippen molar-refractivity contribution < 1.29 is 14.3 Å². The monoisotopic (exact) mass is 272 g/mol. The second-order valence-electron chi connectivity index (χ2n) is 6.02. The fraction of sp³-hybridized carbons (Fsp3) is 0.857. The maximum atomic E-state index is 11.9. The number of hydrogen-bond donors (Lipinski definition) is 2. The largest absolute Gasteiger partial charge is 0.467 e. The highest BCUT2D eigenvalue weighted by molar-refractivity contribution is 5.84. The number of carbonyl (C=O) groups is 2. The van der Waals surface area contributed by atoms with E-state index in [9.17, 15) is 9.59 Å². The van der Waals surface area contributed by atoms with Crippen LogP contribution in [-0.4, -0.2) is 31.6 Å². The molecular formula is C14H28N2O3. The normalized spacial score (nSPS) is 13.2. The Morgan fingerprint density at radius 3 is 2.26 bits per heavy atom. The molecule has 5 heteroatoms. The molecule has 112 valence electrons. The van der Waals surface area contributed by atoms with Gasteiger partial charge in [0.2, 0.25) is 5.91 Å². The number of carbonyl (C=O) groups excluding carboxylic acids is 2. The van der Waals surface area contributed by atoms with E-state index in [1.807, 2.05) is 13.8 Å². The molecule has 0 heterocycles. The fourth-order valence-corrected chi connectivity index (χ4v) is 1.84. The van der Waals surface area contributed by atoms with Gasteiger partial charge in [-0.15, -0.1) is 0 Å². The van der Waals surface area contributed by atoms with E-state index in [0.717, 1.165) is 12.8 Å². The van der Waals surface area contributed by atoms with Crippen molar-refractivity contribution in [3.63, 3.8) is 0 Å². The second-order valence-corrected chi connectivity index (χ2v) is 6.02. The highest BCUT2D eigenvalue weighted by Crippen LogP contribution is 2.25. The van der Waals surface area contributed by atoms with Gasteiger partial charge in [-0.05, 0) is 30.7 Å². The average Bonchev–Trinajstić information content (AvgIpc) is 2.32. The van der Waals surface area contributed by atoms with Crippen LogP contribution < -0.4 is 11.1 Å². The van der Waals surface area contributed by atoms with Crippen LogP contribution in [0.1, 0.15) is 47.0 Å². The van der Waals surface area contributed by atoms with Gasteiger partial charge in [-0.3, -0.25) is 4.79 Å². The van der Waals surface area contributed by atoms with Crippen LogP contribution in [0.4, 0.5) is 0 Å². The molecule has 0 radical (unpaired) electrons. The summed E-state index contributed by atoms with van der Waals surface area (Å²) in [6.45, 7) is 8.55. The third kappa shape index (κ3) is 7.15. The van der Waals surface area contributed by atoms with Crippen molar-refractivity contribution in [2.75, 3.05) is 13.7 Å². The van der Waals surface area contributed by atoms with Crippen LogP contribution in [-0.2, 0) is 14.3 Å². The summed E-state index contributed by atoms with van der Waals surface area (Å²) in [6, 6.07) is -0.574. The minimum Gasteiger partial charge on any atom is -0.467 e. The van der Waals surface area contributed by atoms with Gasteiger partial charge in [-0.2, -0.15) is 0 Å². The zero-order chi connectivity index (χ0) is 15.1. The number of rotatable bonds is 8. The molecule has 0 aliphatic carbocycles. The predicted molar refractivity (Wildman–Crippen MR) is 75.5 cm³/mol. The van der Waals surface area contributed by atoms with Gasteiger partial charge in [0.05, 0.1) is 7.11 Å². The zero-order valence-electron chi connectivity index (χ0n) is 12.8. The smallest absolute Gasteiger partial charge is 0.328 e. The van der Waals surface area contributed by atoms with Crippen LogP contribution in [0.2, 0.25) is 0 Å². The van der Waals surface area contributed by atoms with Crippen LogP contribution in [0.15, 0.2) is 0 Å². The molecule has 0 bridgehead atoms. The van der Waals surface area contributed by atoms with Crippen LogP contribution >= 0.6 is 0 Å². The van der Waals surface area contributed by atoms with Gasteiger partial charge >= 0.3 is 5.97 Å². The van der Waals surface area contributed by atoms with E-state index in [1.165, 1.54) is 7.11 Å². The zero-order valence-corrected chi connectivity index (χ0v) is 12.8. The van der Waals surface area contributed by atoms with Gasteiger partial charge in [0.15, 0.2) is 0 Å². The standard InChI is InChI=1S/C14H28N2O3/c1-10(2)12(13(18)19-5)16-11(17)6-7-14(3,4)8-9-15/h10,12H,6-9,15H2,1-5H3,(H,16,17). The quantitative estimate of drug-likeness (QED) is 0.655. The van der Waals surface area contributed by atoms with Crippen molar-refractivity contribution in [2.24, 2.45) is 17.1 Å². The Labute approximate surface area is 116 Å². The average molecular weight is 272 g/mol. The molecule has 19 heavy (non-hydrogen) atoms. The molecule has 0 aliphatic heterocycles. The van der Waals surface area contributed by atoms with Crippen molar-refractivity contribution in [3.05, 3.63) is 0 Å². The fourth-order valence-electron chi connectivity index (χ4n) is 1.84. The summed E-state index contributed by atoms with van der Waals surface area (Å²) in [7, 11) is 1.33. The Hall–Kier alpha value is -1.10. The summed E-state index contributed by atoms with van der Waals surface area (Å²) in [4.78, 5) is 23.4. The summed E-state index contributed by atoms with van der Waals surface area (Å²) < 4.78 is 4.69. The topological polar surface area (TPSA) is 81.4 Å². The molecule has 0 aromatic heterocycles. The summed E-state index contributed by atoms with van der Waals surface area (Å²) in [6.07, 6.45) is 2.03. The third-order valence-electron chi connectivity index (χ3n) is 3.29. The number of ether oxygens (including phenoxy) is 1. The lowest BCUT2D eigenvalue weighted by Gasteiger charge is -2.24. The van der Waals surface area contributed by atoms with Crippen molar-refractivity contribution in [1.29, 1.82) is 0 Å². The van der Waals surface area contributed by atoms with Crippen LogP contribution in [0.3, 0.4) is 0 Å². The Balaban J connectivity index is 4.32. The van der Waals surface area contributed by atoms with E-state index >= 15 is 0 Å². The summed E-state index contributed by atoms with van der Waals surface area (Å²) in [5.41, 5.74) is 5.58. The van der Waals surface area contributed by atoms with E-state index in [4.69, 9.17) is 5.73 Å². The maximum absolute atomic E-state index is 11.9. The number of nitrogens with two attached hydrogens (primary N) is 1. The lowest BCUT2D eigenvalue weighted by molar-refractivity contribution is -0.146. The van der Waals surface area contributed by atoms with Gasteiger partial charge in [-0.1, -0.05) is 27.7 Å². The highest BCUT2D eigenvalue weighted by Gasteiger charge is 2.25. The SMILES string of the molecule is COC(=O)C(NC(=O)CCC(C)(C)CCN)C(C)C. The molecule has 0 fully saturated rings. The Morgan fingerprint density at radius 1 is 1.26 bits per heavy atom. The summed E-state index contributed by atoms with van der Waals surface area (Å²) >= 11 is 0. The molecule has 1 amide bonds. The van der Waals surface area contributed by atoms with Crippen molar-refractivity contribution in [1.82, 2.24) is 5.32 Å². The number of esters is 1. The highest BCUT2D eigenvalue weighted by atomic mass is 16.5. The molecule has 0 aromatic rings. The lowest BCUT2D eigenvalue weighted by atomic mass is 9.84. The van der Waals surface area contributed by atoms with E-state index in [2.05, 4.69) is 23.9 Å². The Kier molecular flexibility index (Phi) is 7.68. The number of nitrogens with one attached hydrogen (secondary N) is 1. The van der Waals surface area contributed by atoms with E-state index < -0.39 is 12.0 Å². The molecular weight excluding hydrogens is 244 g/mol. The molecule has 3 N–H and O–H groups in total. The van der Waals surface area contributed by atoms with Crippen LogP contribution in [0.25, 0.3) is 0 Å². The number of amides is 1. The molecule has 0 saturated carbocycles. The predicted octanol–water partition coefficient (Wildman–Crippen LogP) is 1.46. The van der Waals surface area contributed by atoms with Crippen LogP contribution in [0.5, 0.6) is 0 Å². The molecule has 1 atom stereocenters. The van der Waals surface area contributed by atoms with Gasteiger partial charge in [-0.25, -0.2) is 4.79 Å². The first kappa shape index (κ1) is 17.9. The lowest BCUT2D eigenvalue weighted by Crippen LogP contribution is -2.45. The molecule has 0 rings (SSSR count). The third-order valence-corrected chi connectivity index (χ3v) is 3.29. The number of methoxy groups -OCH3 is 1. The van der Waals surface area contributed by atoms with Gasteiger partial charge in [0.1, 0.15) is 6.04 Å². The maximum Gasteiger partial charge on any atom is 0.328 e. The summed E-state index contributed by atoms with van der Waals surface area (Å²) in [5, 5.41) is 2.74. The first-order chi connectivity index (χ1) is 8.73. The summed E-state index contributed by atoms with van der Waals surface area (Å²) in [5.74, 6) is -0.507. The molecule has 0 spiro atoms. The van der Waals surface area contributed by atoms with E-state index in [-0.39, 0.29) is 17.2 Å². The Morgan fingerprint density at radius 2 is 1.84 bits per heavy atom. The van der Waals surface area contributed by atoms with E-state index in [1.54, 1.807) is 0 Å². The first-order valence-electron chi connectivity index (χ1n) is 6.80.